The smallest absolute Gasteiger partial charge is 0.143 e. The topological polar surface area (TPSA) is 13.1 Å². The van der Waals surface area contributed by atoms with E-state index in [0.29, 0.717) is 5.56 Å². The lowest BCUT2D eigenvalue weighted by Crippen LogP contribution is -1.91. The van der Waals surface area contributed by atoms with Crippen LogP contribution in [0.1, 0.15) is 6.85 Å². The first-order valence-corrected chi connectivity index (χ1v) is 16.4. The zero-order valence-corrected chi connectivity index (χ0v) is 26.3. The minimum Gasteiger partial charge on any atom is -0.455 e. The Bertz CT molecular complexity index is 3060. The van der Waals surface area contributed by atoms with E-state index in [-0.39, 0.29) is 29.7 Å². The van der Waals surface area contributed by atoms with E-state index in [1.807, 2.05) is 30.3 Å². The average molecular weight is 628 g/mol. The molecule has 0 fully saturated rings. The first kappa shape index (κ1) is 23.0. The normalized spacial score (nSPS) is 13.1. The van der Waals surface area contributed by atoms with Crippen molar-refractivity contribution in [3.63, 3.8) is 0 Å². The Labute approximate surface area is 291 Å². The van der Waals surface area contributed by atoms with Gasteiger partial charge in [-0.3, -0.25) is 0 Å². The Kier molecular flexibility index (Phi) is 5.20. The molecule has 0 atom stereocenters. The van der Waals surface area contributed by atoms with Crippen LogP contribution in [0.2, 0.25) is 0 Å². The standard InChI is InChI=1S/C48H30O/c1-3-12-31(13-4-1)33-22-24-34(25-23-33)45-38-16-7-9-18-40(38)46(41-19-10-8-17-39(41)45)42-20-11-21-44-47(42)43-29-27-36-30-35(32-14-5-2-6-15-32)26-28-37(36)48(43)49-44/h1-30H/i1D,3D,4D,12D,13D. The molecule has 1 heterocycles. The lowest BCUT2D eigenvalue weighted by atomic mass is 9.84. The van der Waals surface area contributed by atoms with Gasteiger partial charge in [-0.05, 0) is 95.7 Å². The van der Waals surface area contributed by atoms with E-state index < -0.39 is 6.04 Å². The van der Waals surface area contributed by atoms with E-state index >= 15 is 0 Å². The van der Waals surface area contributed by atoms with Gasteiger partial charge in [0.05, 0.1) is 6.85 Å². The van der Waals surface area contributed by atoms with Crippen molar-refractivity contribution in [2.75, 3.05) is 0 Å². The molecule has 0 radical (unpaired) electrons. The molecule has 0 saturated heterocycles. The highest BCUT2D eigenvalue weighted by molar-refractivity contribution is 6.27. The van der Waals surface area contributed by atoms with E-state index in [4.69, 9.17) is 11.3 Å². The van der Waals surface area contributed by atoms with Crippen LogP contribution < -0.4 is 0 Å². The highest BCUT2D eigenvalue weighted by atomic mass is 16.3. The van der Waals surface area contributed by atoms with E-state index in [9.17, 15) is 0 Å². The molecule has 10 rings (SSSR count). The van der Waals surface area contributed by atoms with Gasteiger partial charge in [-0.1, -0.05) is 158 Å². The van der Waals surface area contributed by atoms with E-state index in [1.165, 1.54) is 11.1 Å². The largest absolute Gasteiger partial charge is 0.455 e. The van der Waals surface area contributed by atoms with Gasteiger partial charge in [-0.25, -0.2) is 0 Å². The Balaban J connectivity index is 1.18. The van der Waals surface area contributed by atoms with Gasteiger partial charge in [0.25, 0.3) is 0 Å². The maximum Gasteiger partial charge on any atom is 0.143 e. The Morgan fingerprint density at radius 2 is 0.980 bits per heavy atom. The van der Waals surface area contributed by atoms with Crippen LogP contribution in [-0.4, -0.2) is 0 Å². The van der Waals surface area contributed by atoms with Gasteiger partial charge in [-0.2, -0.15) is 0 Å². The van der Waals surface area contributed by atoms with Crippen molar-refractivity contribution in [1.82, 2.24) is 0 Å². The first-order chi connectivity index (χ1) is 26.4. The molecule has 0 saturated carbocycles. The molecule has 228 valence electrons. The number of hydrogen-bond donors (Lipinski definition) is 0. The summed E-state index contributed by atoms with van der Waals surface area (Å²) in [4.78, 5) is 0. The van der Waals surface area contributed by atoms with Gasteiger partial charge in [-0.15, -0.1) is 0 Å². The van der Waals surface area contributed by atoms with Gasteiger partial charge >= 0.3 is 0 Å². The van der Waals surface area contributed by atoms with Crippen LogP contribution >= 0.6 is 0 Å². The molecular weight excluding hydrogens is 593 g/mol. The first-order valence-electron chi connectivity index (χ1n) is 18.9. The molecule has 1 aromatic heterocycles. The minimum atomic E-state index is -0.395. The molecule has 10 aromatic rings. The molecule has 0 bridgehead atoms. The maximum atomic E-state index is 8.51. The number of furan rings is 1. The summed E-state index contributed by atoms with van der Waals surface area (Å²) in [6, 6.07) is 50.9. The summed E-state index contributed by atoms with van der Waals surface area (Å²) in [6.45, 7) is 0. The SMILES string of the molecule is [2H]c1c([2H])c([2H])c(-c2ccc(-c3c4ccccc4c(-c4cccc5oc6c7ccc(-c8ccccc8)cc7ccc6c45)c4ccccc34)cc2)c([2H])c1[2H]. The quantitative estimate of drug-likeness (QED) is 0.177. The third kappa shape index (κ3) is 4.40. The molecule has 0 aliphatic rings. The molecule has 0 N–H and O–H groups in total. The van der Waals surface area contributed by atoms with Crippen molar-refractivity contribution >= 4 is 54.3 Å². The Morgan fingerprint density at radius 3 is 1.69 bits per heavy atom. The molecule has 0 aliphatic heterocycles. The summed E-state index contributed by atoms with van der Waals surface area (Å²) in [6.07, 6.45) is 0. The second-order valence-electron chi connectivity index (χ2n) is 12.4. The molecule has 9 aromatic carbocycles. The zero-order chi connectivity index (χ0) is 36.7. The second-order valence-corrected chi connectivity index (χ2v) is 12.4. The van der Waals surface area contributed by atoms with Crippen LogP contribution in [-0.2, 0) is 0 Å². The van der Waals surface area contributed by atoms with Crippen molar-refractivity contribution in [3.8, 4) is 44.5 Å². The molecule has 0 amide bonds. The summed E-state index contributed by atoms with van der Waals surface area (Å²) < 4.78 is 48.1. The molecule has 1 nitrogen and oxygen atoms in total. The highest BCUT2D eigenvalue weighted by Crippen LogP contribution is 2.47. The lowest BCUT2D eigenvalue weighted by Gasteiger charge is -2.18. The van der Waals surface area contributed by atoms with Gasteiger partial charge in [0.1, 0.15) is 11.2 Å². The summed E-state index contributed by atoms with van der Waals surface area (Å²) >= 11 is 0. The minimum absolute atomic E-state index is 0.197. The lowest BCUT2D eigenvalue weighted by molar-refractivity contribution is 0.673. The van der Waals surface area contributed by atoms with Crippen LogP contribution in [0.4, 0.5) is 0 Å². The van der Waals surface area contributed by atoms with E-state index in [1.54, 1.807) is 0 Å². The molecule has 1 heteroatoms. The van der Waals surface area contributed by atoms with Crippen LogP contribution in [0.5, 0.6) is 0 Å². The Hall–Kier alpha value is -6.44. The van der Waals surface area contributed by atoms with Gasteiger partial charge in [0.2, 0.25) is 0 Å². The van der Waals surface area contributed by atoms with Crippen molar-refractivity contribution in [3.05, 3.63) is 182 Å². The zero-order valence-electron chi connectivity index (χ0n) is 31.3. The third-order valence-corrected chi connectivity index (χ3v) is 9.75. The molecule has 0 spiro atoms. The number of fused-ring (bicyclic) bond motifs is 7. The van der Waals surface area contributed by atoms with Gasteiger partial charge < -0.3 is 4.42 Å². The summed E-state index contributed by atoms with van der Waals surface area (Å²) in [5.74, 6) is 0. The number of hydrogen-bond acceptors (Lipinski definition) is 1. The van der Waals surface area contributed by atoms with Crippen LogP contribution in [0, 0.1) is 0 Å². The predicted octanol–water partition coefficient (Wildman–Crippen LogP) is 13.7. The fourth-order valence-corrected chi connectivity index (χ4v) is 7.56. The fraction of sp³-hybridized carbons (Fsp3) is 0. The molecule has 49 heavy (non-hydrogen) atoms. The fourth-order valence-electron chi connectivity index (χ4n) is 7.56. The average Bonchev–Trinajstić information content (AvgIpc) is 3.61. The highest BCUT2D eigenvalue weighted by Gasteiger charge is 2.21. The van der Waals surface area contributed by atoms with Crippen molar-refractivity contribution in [2.45, 2.75) is 0 Å². The van der Waals surface area contributed by atoms with Gasteiger partial charge in [0.15, 0.2) is 0 Å². The summed E-state index contributed by atoms with van der Waals surface area (Å²) in [5, 5.41) is 8.74. The number of benzene rings is 9. The summed E-state index contributed by atoms with van der Waals surface area (Å²) in [5.41, 5.74) is 9.10. The maximum absolute atomic E-state index is 8.51. The van der Waals surface area contributed by atoms with Crippen LogP contribution in [0.3, 0.4) is 0 Å². The predicted molar refractivity (Wildman–Crippen MR) is 208 cm³/mol. The van der Waals surface area contributed by atoms with Crippen molar-refractivity contribution < 1.29 is 11.3 Å². The van der Waals surface area contributed by atoms with Crippen LogP contribution in [0.15, 0.2) is 186 Å². The number of rotatable bonds is 4. The van der Waals surface area contributed by atoms with Crippen molar-refractivity contribution in [2.24, 2.45) is 0 Å². The Morgan fingerprint density at radius 1 is 0.388 bits per heavy atom. The van der Waals surface area contributed by atoms with Crippen LogP contribution in [0.25, 0.3) is 98.8 Å². The molecular formula is C48H30O. The van der Waals surface area contributed by atoms with Gasteiger partial charge in [0, 0.05) is 16.2 Å². The second kappa shape index (κ2) is 11.1. The van der Waals surface area contributed by atoms with Crippen molar-refractivity contribution in [1.29, 1.82) is 0 Å². The summed E-state index contributed by atoms with van der Waals surface area (Å²) in [7, 11) is 0. The third-order valence-electron chi connectivity index (χ3n) is 9.75. The monoisotopic (exact) mass is 627 g/mol. The molecule has 0 aliphatic carbocycles. The van der Waals surface area contributed by atoms with E-state index in [0.717, 1.165) is 76.5 Å². The molecule has 0 unspecified atom stereocenters. The van der Waals surface area contributed by atoms with E-state index in [2.05, 4.69) is 121 Å².